The Bertz CT molecular complexity index is 825. The highest BCUT2D eigenvalue weighted by molar-refractivity contribution is 5.80. The van der Waals surface area contributed by atoms with Crippen LogP contribution in [0.2, 0.25) is 0 Å². The molecule has 1 saturated carbocycles. The van der Waals surface area contributed by atoms with Crippen molar-refractivity contribution < 1.29 is 9.13 Å². The van der Waals surface area contributed by atoms with Gasteiger partial charge in [0.1, 0.15) is 5.82 Å². The highest BCUT2D eigenvalue weighted by Crippen LogP contribution is 2.47. The predicted octanol–water partition coefficient (Wildman–Crippen LogP) is 3.77. The zero-order valence-corrected chi connectivity index (χ0v) is 17.1. The highest BCUT2D eigenvalue weighted by atomic mass is 19.1. The maximum atomic E-state index is 13.4. The minimum absolute atomic E-state index is 0.0692. The van der Waals surface area contributed by atoms with Gasteiger partial charge in [-0.3, -0.25) is 4.99 Å². The Morgan fingerprint density at radius 1 is 0.862 bits per heavy atom. The summed E-state index contributed by atoms with van der Waals surface area (Å²) in [4.78, 5) is 4.44. The van der Waals surface area contributed by atoms with E-state index in [1.54, 1.807) is 12.1 Å². The topological polar surface area (TPSA) is 45.7 Å². The first-order valence-electron chi connectivity index (χ1n) is 10.5. The van der Waals surface area contributed by atoms with Crippen molar-refractivity contribution >= 4 is 5.96 Å². The number of hydrogen-bond acceptors (Lipinski definition) is 2. The van der Waals surface area contributed by atoms with E-state index in [0.717, 1.165) is 50.7 Å². The molecule has 2 N–H and O–H groups in total. The summed E-state index contributed by atoms with van der Waals surface area (Å²) in [6.45, 7) is 3.08. The van der Waals surface area contributed by atoms with Crippen LogP contribution in [0.5, 0.6) is 0 Å². The van der Waals surface area contributed by atoms with Crippen LogP contribution in [0.25, 0.3) is 0 Å². The maximum absolute atomic E-state index is 13.4. The van der Waals surface area contributed by atoms with E-state index in [2.05, 4.69) is 46.0 Å². The van der Waals surface area contributed by atoms with Crippen molar-refractivity contribution in [3.63, 3.8) is 0 Å². The van der Waals surface area contributed by atoms with E-state index in [-0.39, 0.29) is 16.6 Å². The lowest BCUT2D eigenvalue weighted by molar-refractivity contribution is 0.0513. The molecule has 0 spiro atoms. The van der Waals surface area contributed by atoms with Crippen LogP contribution in [0.4, 0.5) is 4.39 Å². The molecule has 0 amide bonds. The molecule has 4 rings (SSSR count). The Balaban J connectivity index is 1.40. The molecule has 1 saturated heterocycles. The summed E-state index contributed by atoms with van der Waals surface area (Å²) in [6.07, 6.45) is 4.24. The summed E-state index contributed by atoms with van der Waals surface area (Å²) < 4.78 is 19.0. The normalized spacial score (nSPS) is 20.1. The summed E-state index contributed by atoms with van der Waals surface area (Å²) in [5.74, 6) is 0.622. The van der Waals surface area contributed by atoms with Gasteiger partial charge in [0.25, 0.3) is 0 Å². The second-order valence-electron chi connectivity index (χ2n) is 8.33. The molecule has 154 valence electrons. The molecule has 0 bridgehead atoms. The molecule has 2 aromatic carbocycles. The standard InChI is InChI=1S/C24H30FN3O/c1-26-22(27-17-23(11-12-23)19-5-3-2-4-6-19)28-18-24(13-15-29-16-14-24)20-7-9-21(25)10-8-20/h2-10H,11-18H2,1H3,(H2,26,27,28). The number of nitrogens with one attached hydrogen (secondary N) is 2. The van der Waals surface area contributed by atoms with Crippen LogP contribution >= 0.6 is 0 Å². The van der Waals surface area contributed by atoms with Gasteiger partial charge in [-0.15, -0.1) is 0 Å². The van der Waals surface area contributed by atoms with Gasteiger partial charge in [0.15, 0.2) is 5.96 Å². The first-order valence-corrected chi connectivity index (χ1v) is 10.5. The average Bonchev–Trinajstić information content (AvgIpc) is 3.57. The van der Waals surface area contributed by atoms with E-state index < -0.39 is 0 Å². The SMILES string of the molecule is CN=C(NCC1(c2ccc(F)cc2)CCOCC1)NCC1(c2ccccc2)CC1. The molecule has 2 aromatic rings. The van der Waals surface area contributed by atoms with Gasteiger partial charge >= 0.3 is 0 Å². The second kappa shape index (κ2) is 8.54. The molecule has 29 heavy (non-hydrogen) atoms. The molecule has 5 heteroatoms. The van der Waals surface area contributed by atoms with Crippen molar-refractivity contribution in [2.75, 3.05) is 33.4 Å². The van der Waals surface area contributed by atoms with Gasteiger partial charge in [-0.05, 0) is 48.9 Å². The average molecular weight is 396 g/mol. The molecule has 1 aliphatic carbocycles. The van der Waals surface area contributed by atoms with Crippen LogP contribution < -0.4 is 10.6 Å². The number of hydrogen-bond donors (Lipinski definition) is 2. The van der Waals surface area contributed by atoms with E-state index in [4.69, 9.17) is 4.74 Å². The van der Waals surface area contributed by atoms with E-state index in [1.807, 2.05) is 19.2 Å². The number of guanidine groups is 1. The summed E-state index contributed by atoms with van der Waals surface area (Å²) in [6, 6.07) is 17.6. The van der Waals surface area contributed by atoms with Crippen molar-refractivity contribution in [3.05, 3.63) is 71.5 Å². The predicted molar refractivity (Wildman–Crippen MR) is 115 cm³/mol. The molecule has 0 atom stereocenters. The number of nitrogens with zero attached hydrogens (tertiary/aromatic N) is 1. The number of benzene rings is 2. The smallest absolute Gasteiger partial charge is 0.191 e. The van der Waals surface area contributed by atoms with Gasteiger partial charge in [-0.25, -0.2) is 4.39 Å². The van der Waals surface area contributed by atoms with Crippen LogP contribution in [0.1, 0.15) is 36.8 Å². The molecule has 1 aliphatic heterocycles. The van der Waals surface area contributed by atoms with Gasteiger partial charge in [-0.2, -0.15) is 0 Å². The number of ether oxygens (including phenoxy) is 1. The lowest BCUT2D eigenvalue weighted by Gasteiger charge is -2.38. The van der Waals surface area contributed by atoms with Crippen LogP contribution in [0.3, 0.4) is 0 Å². The first kappa shape index (κ1) is 19.9. The molecular formula is C24H30FN3O. The Kier molecular flexibility index (Phi) is 5.86. The third kappa shape index (κ3) is 4.45. The third-order valence-corrected chi connectivity index (χ3v) is 6.56. The van der Waals surface area contributed by atoms with E-state index in [1.165, 1.54) is 18.4 Å². The fraction of sp³-hybridized carbons (Fsp3) is 0.458. The largest absolute Gasteiger partial charge is 0.381 e. The zero-order chi connectivity index (χ0) is 20.2. The molecular weight excluding hydrogens is 365 g/mol. The van der Waals surface area contributed by atoms with Crippen LogP contribution in [-0.2, 0) is 15.6 Å². The summed E-state index contributed by atoms with van der Waals surface area (Å²) in [5.41, 5.74) is 2.72. The Labute approximate surface area is 172 Å². The Morgan fingerprint density at radius 3 is 1.97 bits per heavy atom. The van der Waals surface area contributed by atoms with Crippen LogP contribution in [0.15, 0.2) is 59.6 Å². The van der Waals surface area contributed by atoms with Gasteiger partial charge in [0.2, 0.25) is 0 Å². The Morgan fingerprint density at radius 2 is 1.41 bits per heavy atom. The van der Waals surface area contributed by atoms with Crippen molar-refractivity contribution in [2.45, 2.75) is 36.5 Å². The summed E-state index contributed by atoms with van der Waals surface area (Å²) in [5, 5.41) is 7.07. The number of halogens is 1. The third-order valence-electron chi connectivity index (χ3n) is 6.56. The van der Waals surface area contributed by atoms with Crippen molar-refractivity contribution in [2.24, 2.45) is 4.99 Å². The maximum Gasteiger partial charge on any atom is 0.191 e. The monoisotopic (exact) mass is 395 g/mol. The molecule has 0 unspecified atom stereocenters. The highest BCUT2D eigenvalue weighted by Gasteiger charge is 2.44. The van der Waals surface area contributed by atoms with E-state index in [9.17, 15) is 4.39 Å². The minimum atomic E-state index is -0.197. The zero-order valence-electron chi connectivity index (χ0n) is 17.1. The van der Waals surface area contributed by atoms with E-state index >= 15 is 0 Å². The quantitative estimate of drug-likeness (QED) is 0.578. The van der Waals surface area contributed by atoms with Crippen LogP contribution in [0, 0.1) is 5.82 Å². The fourth-order valence-electron chi connectivity index (χ4n) is 4.37. The van der Waals surface area contributed by atoms with Crippen LogP contribution in [-0.4, -0.2) is 39.3 Å². The van der Waals surface area contributed by atoms with Crippen molar-refractivity contribution in [1.82, 2.24) is 10.6 Å². The number of aliphatic imine (C=N–C) groups is 1. The van der Waals surface area contributed by atoms with Gasteiger partial charge in [0.05, 0.1) is 0 Å². The summed E-state index contributed by atoms with van der Waals surface area (Å²) >= 11 is 0. The van der Waals surface area contributed by atoms with Crippen molar-refractivity contribution in [1.29, 1.82) is 0 Å². The molecule has 0 aromatic heterocycles. The van der Waals surface area contributed by atoms with Gasteiger partial charge in [0, 0.05) is 44.2 Å². The van der Waals surface area contributed by atoms with Crippen molar-refractivity contribution in [3.8, 4) is 0 Å². The fourth-order valence-corrected chi connectivity index (χ4v) is 4.37. The Hall–Kier alpha value is -2.40. The van der Waals surface area contributed by atoms with Gasteiger partial charge in [-0.1, -0.05) is 42.5 Å². The van der Waals surface area contributed by atoms with Gasteiger partial charge < -0.3 is 15.4 Å². The molecule has 4 nitrogen and oxygen atoms in total. The lowest BCUT2D eigenvalue weighted by atomic mass is 9.74. The lowest BCUT2D eigenvalue weighted by Crippen LogP contribution is -2.49. The first-order chi connectivity index (χ1) is 14.2. The molecule has 0 radical (unpaired) electrons. The van der Waals surface area contributed by atoms with E-state index in [0.29, 0.717) is 0 Å². The second-order valence-corrected chi connectivity index (χ2v) is 8.33. The minimum Gasteiger partial charge on any atom is -0.381 e. The number of rotatable bonds is 6. The molecule has 1 heterocycles. The molecule has 2 aliphatic rings. The molecule has 2 fully saturated rings. The summed E-state index contributed by atoms with van der Waals surface area (Å²) in [7, 11) is 1.81.